The molecule has 5 rings (SSSR count). The number of hydrogen-bond acceptors (Lipinski definition) is 5. The van der Waals surface area contributed by atoms with Crippen molar-refractivity contribution in [1.29, 1.82) is 0 Å². The van der Waals surface area contributed by atoms with Crippen LogP contribution < -0.4 is 11.1 Å². The minimum atomic E-state index is 0.322. The van der Waals surface area contributed by atoms with Gasteiger partial charge < -0.3 is 15.8 Å². The Bertz CT molecular complexity index is 656. The first-order chi connectivity index (χ1) is 11.3. The number of piperidine rings is 1. The number of nitrogen functional groups attached to an aromatic ring is 1. The molecule has 3 atom stereocenters. The van der Waals surface area contributed by atoms with Crippen LogP contribution in [0, 0.1) is 0 Å². The van der Waals surface area contributed by atoms with Crippen molar-refractivity contribution in [3.8, 4) is 0 Å². The number of benzene rings is 1. The molecule has 5 heteroatoms. The SMILES string of the molecule is Nc1nccs1.c1ccc2c(c1)C[C@H]1NCC[C@@]23CCCO[C@@H]13. The molecule has 0 saturated carbocycles. The molecule has 2 fully saturated rings. The largest absolute Gasteiger partial charge is 0.376 e. The van der Waals surface area contributed by atoms with E-state index in [4.69, 9.17) is 10.5 Å². The smallest absolute Gasteiger partial charge is 0.179 e. The Morgan fingerprint density at radius 2 is 2.22 bits per heavy atom. The molecule has 3 heterocycles. The van der Waals surface area contributed by atoms with E-state index in [1.54, 1.807) is 17.3 Å². The molecule has 122 valence electrons. The van der Waals surface area contributed by atoms with Gasteiger partial charge in [0.05, 0.1) is 6.10 Å². The highest BCUT2D eigenvalue weighted by Crippen LogP contribution is 2.48. The van der Waals surface area contributed by atoms with Gasteiger partial charge in [0.15, 0.2) is 5.13 Å². The van der Waals surface area contributed by atoms with Crippen molar-refractivity contribution in [3.63, 3.8) is 0 Å². The minimum absolute atomic E-state index is 0.322. The maximum absolute atomic E-state index is 6.13. The molecule has 0 unspecified atom stereocenters. The third-order valence-electron chi connectivity index (χ3n) is 5.40. The summed E-state index contributed by atoms with van der Waals surface area (Å²) in [7, 11) is 0. The Labute approximate surface area is 141 Å². The molecular formula is C18H23N3OS. The number of aromatic nitrogens is 1. The zero-order valence-corrected chi connectivity index (χ0v) is 14.0. The van der Waals surface area contributed by atoms with Gasteiger partial charge in [-0.15, -0.1) is 11.3 Å². The first kappa shape index (κ1) is 15.1. The van der Waals surface area contributed by atoms with Gasteiger partial charge in [-0.2, -0.15) is 0 Å². The first-order valence-corrected chi connectivity index (χ1v) is 9.26. The average Bonchev–Trinajstić information content (AvgIpc) is 3.06. The summed E-state index contributed by atoms with van der Waals surface area (Å²) < 4.78 is 6.13. The van der Waals surface area contributed by atoms with Crippen LogP contribution in [-0.4, -0.2) is 30.3 Å². The van der Waals surface area contributed by atoms with Crippen molar-refractivity contribution >= 4 is 16.5 Å². The fourth-order valence-corrected chi connectivity index (χ4v) is 4.90. The minimum Gasteiger partial charge on any atom is -0.376 e. The van der Waals surface area contributed by atoms with E-state index in [9.17, 15) is 0 Å². The van der Waals surface area contributed by atoms with E-state index in [0.29, 0.717) is 22.7 Å². The highest BCUT2D eigenvalue weighted by atomic mass is 32.1. The molecule has 23 heavy (non-hydrogen) atoms. The predicted molar refractivity (Wildman–Crippen MR) is 93.7 cm³/mol. The fraction of sp³-hybridized carbons (Fsp3) is 0.500. The Hall–Kier alpha value is -1.43. The lowest BCUT2D eigenvalue weighted by molar-refractivity contribution is -0.0886. The second-order valence-corrected chi connectivity index (χ2v) is 7.52. The van der Waals surface area contributed by atoms with Crippen molar-refractivity contribution in [1.82, 2.24) is 10.3 Å². The molecule has 0 amide bonds. The maximum Gasteiger partial charge on any atom is 0.179 e. The number of nitrogens with zero attached hydrogens (tertiary/aromatic N) is 1. The summed E-state index contributed by atoms with van der Waals surface area (Å²) in [6, 6.07) is 9.57. The number of fused-ring (bicyclic) bond motifs is 1. The van der Waals surface area contributed by atoms with Gasteiger partial charge in [0.25, 0.3) is 0 Å². The zero-order valence-electron chi connectivity index (χ0n) is 13.2. The highest BCUT2D eigenvalue weighted by molar-refractivity contribution is 7.13. The number of nitrogens with one attached hydrogen (secondary N) is 1. The Morgan fingerprint density at radius 3 is 3.00 bits per heavy atom. The molecule has 1 aliphatic carbocycles. The lowest BCUT2D eigenvalue weighted by Crippen LogP contribution is -2.64. The molecular weight excluding hydrogens is 306 g/mol. The summed E-state index contributed by atoms with van der Waals surface area (Å²) in [5.41, 5.74) is 8.64. The van der Waals surface area contributed by atoms with Gasteiger partial charge >= 0.3 is 0 Å². The van der Waals surface area contributed by atoms with Gasteiger partial charge in [-0.3, -0.25) is 0 Å². The van der Waals surface area contributed by atoms with Crippen molar-refractivity contribution in [3.05, 3.63) is 47.0 Å². The van der Waals surface area contributed by atoms with Crippen LogP contribution >= 0.6 is 11.3 Å². The van der Waals surface area contributed by atoms with Crippen molar-refractivity contribution in [2.45, 2.75) is 43.2 Å². The van der Waals surface area contributed by atoms with Crippen molar-refractivity contribution < 1.29 is 4.74 Å². The van der Waals surface area contributed by atoms with Gasteiger partial charge in [0.2, 0.25) is 0 Å². The van der Waals surface area contributed by atoms with Crippen LogP contribution in [0.4, 0.5) is 5.13 Å². The van der Waals surface area contributed by atoms with Crippen LogP contribution in [0.5, 0.6) is 0 Å². The molecule has 2 bridgehead atoms. The summed E-state index contributed by atoms with van der Waals surface area (Å²) in [6.07, 6.45) is 7.01. The second-order valence-electron chi connectivity index (χ2n) is 6.59. The van der Waals surface area contributed by atoms with Crippen molar-refractivity contribution in [2.75, 3.05) is 18.9 Å². The predicted octanol–water partition coefficient (Wildman–Crippen LogP) is 2.75. The van der Waals surface area contributed by atoms with E-state index in [-0.39, 0.29) is 0 Å². The number of anilines is 1. The molecule has 1 aromatic heterocycles. The molecule has 4 nitrogen and oxygen atoms in total. The molecule has 1 aromatic carbocycles. The molecule has 2 saturated heterocycles. The topological polar surface area (TPSA) is 60.2 Å². The maximum atomic E-state index is 6.13. The quantitative estimate of drug-likeness (QED) is 0.780. The monoisotopic (exact) mass is 329 g/mol. The zero-order chi connectivity index (χ0) is 15.7. The molecule has 2 aliphatic heterocycles. The van der Waals surface area contributed by atoms with E-state index in [2.05, 4.69) is 34.6 Å². The lowest BCUT2D eigenvalue weighted by Gasteiger charge is -2.55. The van der Waals surface area contributed by atoms with E-state index in [0.717, 1.165) is 19.6 Å². The van der Waals surface area contributed by atoms with Crippen LogP contribution in [0.2, 0.25) is 0 Å². The second kappa shape index (κ2) is 6.23. The summed E-state index contributed by atoms with van der Waals surface area (Å²) >= 11 is 1.44. The molecule has 2 aromatic rings. The van der Waals surface area contributed by atoms with Crippen LogP contribution in [0.25, 0.3) is 0 Å². The highest BCUT2D eigenvalue weighted by Gasteiger charge is 2.52. The van der Waals surface area contributed by atoms with Crippen molar-refractivity contribution in [2.24, 2.45) is 0 Å². The Morgan fingerprint density at radius 1 is 1.30 bits per heavy atom. The molecule has 0 spiro atoms. The summed E-state index contributed by atoms with van der Waals surface area (Å²) in [5, 5.41) is 6.14. The normalized spacial score (nSPS) is 31.3. The van der Waals surface area contributed by atoms with Crippen LogP contribution in [0.3, 0.4) is 0 Å². The van der Waals surface area contributed by atoms with Crippen LogP contribution in [0.1, 0.15) is 30.4 Å². The van der Waals surface area contributed by atoms with E-state index in [1.807, 2.05) is 5.38 Å². The Balaban J connectivity index is 0.000000192. The van der Waals surface area contributed by atoms with E-state index >= 15 is 0 Å². The summed E-state index contributed by atoms with van der Waals surface area (Å²) in [6.45, 7) is 2.10. The van der Waals surface area contributed by atoms with Crippen LogP contribution in [-0.2, 0) is 16.6 Å². The number of thiazole rings is 1. The summed E-state index contributed by atoms with van der Waals surface area (Å²) in [4.78, 5) is 3.71. The van der Waals surface area contributed by atoms with E-state index in [1.165, 1.54) is 30.6 Å². The number of ether oxygens (including phenoxy) is 1. The van der Waals surface area contributed by atoms with E-state index < -0.39 is 0 Å². The van der Waals surface area contributed by atoms with Crippen LogP contribution in [0.15, 0.2) is 35.8 Å². The van der Waals surface area contributed by atoms with Gasteiger partial charge in [-0.25, -0.2) is 4.98 Å². The van der Waals surface area contributed by atoms with Gasteiger partial charge in [-0.05, 0) is 43.4 Å². The number of rotatable bonds is 0. The first-order valence-electron chi connectivity index (χ1n) is 8.38. The Kier molecular flexibility index (Phi) is 4.09. The number of nitrogens with two attached hydrogens (primary N) is 1. The molecule has 3 N–H and O–H groups in total. The van der Waals surface area contributed by atoms with Gasteiger partial charge in [-0.1, -0.05) is 24.3 Å². The third kappa shape index (κ3) is 2.67. The van der Waals surface area contributed by atoms with Gasteiger partial charge in [0.1, 0.15) is 0 Å². The lowest BCUT2D eigenvalue weighted by atomic mass is 9.59. The molecule has 3 aliphatic rings. The molecule has 0 radical (unpaired) electrons. The average molecular weight is 329 g/mol. The fourth-order valence-electron chi connectivity index (χ4n) is 4.51. The standard InChI is InChI=1S/C15H19NO.C3H4N2S/c1-2-5-12-11(4-1)10-13-14-15(12,7-8-16-13)6-3-9-17-14;4-3-5-1-2-6-3/h1-2,4-5,13-14,16H,3,6-10H2;1-2H,(H2,4,5)/t13-,14+,15+;/m1./s1. The third-order valence-corrected chi connectivity index (χ3v) is 6.00. The number of hydrogen-bond donors (Lipinski definition) is 2. The van der Waals surface area contributed by atoms with Gasteiger partial charge in [0, 0.05) is 29.6 Å². The summed E-state index contributed by atoms with van der Waals surface area (Å²) in [5.74, 6) is 0.